The highest BCUT2D eigenvalue weighted by molar-refractivity contribution is 9.09. The van der Waals surface area contributed by atoms with Crippen LogP contribution in [0.2, 0.25) is 0 Å². The van der Waals surface area contributed by atoms with Crippen LogP contribution in [0.5, 0.6) is 0 Å². The van der Waals surface area contributed by atoms with Gasteiger partial charge in [-0.1, -0.05) is 28.6 Å². The second-order valence-corrected chi connectivity index (χ2v) is 10.5. The summed E-state index contributed by atoms with van der Waals surface area (Å²) >= 11 is 3.33. The van der Waals surface area contributed by atoms with Crippen LogP contribution < -0.4 is 5.32 Å². The van der Waals surface area contributed by atoms with Gasteiger partial charge in [0.2, 0.25) is 5.91 Å². The van der Waals surface area contributed by atoms with E-state index < -0.39 is 62.7 Å². The van der Waals surface area contributed by atoms with Crippen molar-refractivity contribution in [3.63, 3.8) is 0 Å². The van der Waals surface area contributed by atoms with E-state index in [1.165, 1.54) is 6.08 Å². The van der Waals surface area contributed by atoms with E-state index in [4.69, 9.17) is 13.7 Å². The molecule has 2 heterocycles. The first kappa shape index (κ1) is 23.6. The Labute approximate surface area is 178 Å². The van der Waals surface area contributed by atoms with Crippen molar-refractivity contribution in [2.75, 3.05) is 12.9 Å². The van der Waals surface area contributed by atoms with Crippen LogP contribution in [0, 0.1) is 5.92 Å². The molecule has 3 fully saturated rings. The second kappa shape index (κ2) is 8.60. The Morgan fingerprint density at radius 2 is 2.00 bits per heavy atom. The number of piperidine rings is 2. The number of nitrogens with one attached hydrogen (secondary N) is 1. The van der Waals surface area contributed by atoms with Crippen LogP contribution in [0.15, 0.2) is 12.7 Å². The van der Waals surface area contributed by atoms with Crippen molar-refractivity contribution >= 4 is 44.1 Å². The fourth-order valence-corrected chi connectivity index (χ4v) is 5.03. The Morgan fingerprint density at radius 1 is 1.38 bits per heavy atom. The highest BCUT2D eigenvalue weighted by Gasteiger charge is 2.60. The monoisotopic (exact) mass is 496 g/mol. The van der Waals surface area contributed by atoms with E-state index in [0.29, 0.717) is 0 Å². The van der Waals surface area contributed by atoms with Gasteiger partial charge in [-0.3, -0.25) is 8.98 Å². The normalized spacial score (nSPS) is 29.3. The number of hydrogen-bond donors (Lipinski definition) is 1. The molecule has 0 aromatic rings. The molecule has 5 atom stereocenters. The number of hydrogen-bond acceptors (Lipinski definition) is 8. The molecule has 2 aliphatic heterocycles. The van der Waals surface area contributed by atoms with Gasteiger partial charge in [0.05, 0.1) is 29.1 Å². The average Bonchev–Trinajstić information content (AvgIpc) is 2.54. The lowest BCUT2D eigenvalue weighted by Gasteiger charge is -2.53. The number of imide groups is 1. The Kier molecular flexibility index (Phi) is 7.01. The molecule has 0 spiro atoms. The summed E-state index contributed by atoms with van der Waals surface area (Å²) in [5, 5.41) is 2.58. The van der Waals surface area contributed by atoms with Crippen LogP contribution in [0.3, 0.4) is 0 Å². The number of rotatable bonds is 5. The molecule has 164 valence electrons. The minimum Gasteiger partial charge on any atom is -0.445 e. The molecule has 1 N–H and O–H groups in total. The van der Waals surface area contributed by atoms with Gasteiger partial charge in [0.1, 0.15) is 18.3 Å². The Bertz CT molecular complexity index is 794. The summed E-state index contributed by atoms with van der Waals surface area (Å²) in [5.41, 5.74) is -0.888. The smallest absolute Gasteiger partial charge is 0.417 e. The van der Waals surface area contributed by atoms with Crippen LogP contribution in [0.25, 0.3) is 0 Å². The van der Waals surface area contributed by atoms with Gasteiger partial charge >= 0.3 is 12.2 Å². The molecule has 0 radical (unpaired) electrons. The molecule has 29 heavy (non-hydrogen) atoms. The van der Waals surface area contributed by atoms with Crippen LogP contribution in [0.1, 0.15) is 27.2 Å². The molecule has 2 bridgehead atoms. The predicted octanol–water partition coefficient (Wildman–Crippen LogP) is 1.54. The predicted molar refractivity (Wildman–Crippen MR) is 106 cm³/mol. The Hall–Kier alpha value is -1.66. The highest BCUT2D eigenvalue weighted by Crippen LogP contribution is 2.43. The van der Waals surface area contributed by atoms with Gasteiger partial charge in [0, 0.05) is 0 Å². The number of nitrogens with zero attached hydrogens (tertiary/aromatic N) is 1. The fraction of sp³-hybridized carbons (Fsp3) is 0.706. The average molecular weight is 497 g/mol. The summed E-state index contributed by atoms with van der Waals surface area (Å²) in [6, 6.07) is -1.90. The van der Waals surface area contributed by atoms with Crippen molar-refractivity contribution in [3.8, 4) is 0 Å². The maximum atomic E-state index is 12.9. The van der Waals surface area contributed by atoms with Gasteiger partial charge in [-0.05, 0) is 27.2 Å². The van der Waals surface area contributed by atoms with E-state index in [-0.39, 0.29) is 13.0 Å². The lowest BCUT2D eigenvalue weighted by atomic mass is 9.74. The molecule has 10 nitrogen and oxygen atoms in total. The third-order valence-corrected chi connectivity index (χ3v) is 6.05. The lowest BCUT2D eigenvalue weighted by Crippen LogP contribution is -2.74. The summed E-state index contributed by atoms with van der Waals surface area (Å²) in [6.07, 6.45) is -0.416. The number of amides is 3. The maximum Gasteiger partial charge on any atom is 0.417 e. The van der Waals surface area contributed by atoms with E-state index >= 15 is 0 Å². The van der Waals surface area contributed by atoms with Crippen molar-refractivity contribution in [2.24, 2.45) is 5.92 Å². The molecular formula is C17H25BrN2O8S. The Balaban J connectivity index is 2.39. The first-order valence-corrected chi connectivity index (χ1v) is 11.6. The van der Waals surface area contributed by atoms with Crippen LogP contribution in [-0.4, -0.2) is 72.9 Å². The fourth-order valence-electron chi connectivity index (χ4n) is 3.39. The summed E-state index contributed by atoms with van der Waals surface area (Å²) in [4.78, 5) is 37.8. The molecule has 3 aliphatic rings. The third-order valence-electron chi connectivity index (χ3n) is 4.32. The summed E-state index contributed by atoms with van der Waals surface area (Å²) < 4.78 is 39.0. The maximum absolute atomic E-state index is 12.9. The minimum atomic E-state index is -3.92. The Morgan fingerprint density at radius 3 is 2.52 bits per heavy atom. The molecule has 0 aromatic carbocycles. The topological polar surface area (TPSA) is 128 Å². The number of carbonyl (C=O) groups is 3. The van der Waals surface area contributed by atoms with Crippen LogP contribution in [-0.2, 0) is 28.6 Å². The van der Waals surface area contributed by atoms with Crippen molar-refractivity contribution in [2.45, 2.75) is 55.8 Å². The molecule has 2 saturated heterocycles. The summed E-state index contributed by atoms with van der Waals surface area (Å²) in [5.74, 6) is -1.35. The molecule has 12 heteroatoms. The molecule has 1 saturated carbocycles. The standard InChI is InChI=1S/C17H25BrN2O8S/c1-6-7-26-15(22)19-10-8-9-11(18)13(28-29(5,24)25)12(10)20(14(9)21)16(23)27-17(2,3)4/h6,9-13H,1,7-8H2,2-5H3,(H,19,22)/t9-,10-,11-,12+,13+/m0/s1. The SMILES string of the molecule is C=CCOC(=O)N[C@H]1C[C@@H]2C(=O)N(C(=O)OC(C)(C)C)[C@H]1[C@H](OS(C)(=O)=O)[C@H]2Br. The van der Waals surface area contributed by atoms with Gasteiger partial charge in [-0.15, -0.1) is 0 Å². The second-order valence-electron chi connectivity index (χ2n) is 7.87. The molecule has 3 amide bonds. The van der Waals surface area contributed by atoms with Gasteiger partial charge in [0.25, 0.3) is 10.1 Å². The number of carbonyl (C=O) groups excluding carboxylic acids is 3. The minimum absolute atomic E-state index is 0.0360. The first-order chi connectivity index (χ1) is 13.2. The van der Waals surface area contributed by atoms with Crippen molar-refractivity contribution in [1.29, 1.82) is 0 Å². The van der Waals surface area contributed by atoms with Crippen molar-refractivity contribution in [3.05, 3.63) is 12.7 Å². The molecule has 0 unspecified atom stereocenters. The van der Waals surface area contributed by atoms with E-state index in [1.807, 2.05) is 0 Å². The molecule has 0 aromatic heterocycles. The lowest BCUT2D eigenvalue weighted by molar-refractivity contribution is -0.153. The molecular weight excluding hydrogens is 472 g/mol. The van der Waals surface area contributed by atoms with E-state index in [1.54, 1.807) is 20.8 Å². The van der Waals surface area contributed by atoms with Gasteiger partial charge in [-0.25, -0.2) is 14.5 Å². The van der Waals surface area contributed by atoms with Gasteiger partial charge in [0.15, 0.2) is 0 Å². The van der Waals surface area contributed by atoms with E-state index in [2.05, 4.69) is 27.8 Å². The zero-order valence-electron chi connectivity index (χ0n) is 16.6. The van der Waals surface area contributed by atoms with Crippen LogP contribution >= 0.6 is 15.9 Å². The van der Waals surface area contributed by atoms with Crippen molar-refractivity contribution in [1.82, 2.24) is 10.2 Å². The number of alkyl carbamates (subject to hydrolysis) is 1. The van der Waals surface area contributed by atoms with E-state index in [0.717, 1.165) is 11.2 Å². The van der Waals surface area contributed by atoms with Gasteiger partial charge in [-0.2, -0.15) is 8.42 Å². The number of fused-ring (bicyclic) bond motifs is 3. The summed E-state index contributed by atoms with van der Waals surface area (Å²) in [6.45, 7) is 8.32. The van der Waals surface area contributed by atoms with E-state index in [9.17, 15) is 22.8 Å². The third kappa shape index (κ3) is 5.70. The number of halogens is 1. The van der Waals surface area contributed by atoms with Crippen molar-refractivity contribution < 1.29 is 36.5 Å². The quantitative estimate of drug-likeness (QED) is 0.344. The van der Waals surface area contributed by atoms with Gasteiger partial charge < -0.3 is 14.8 Å². The molecule has 1 aliphatic carbocycles. The summed E-state index contributed by atoms with van der Waals surface area (Å²) in [7, 11) is -3.92. The highest BCUT2D eigenvalue weighted by atomic mass is 79.9. The number of alkyl halides is 1. The number of ether oxygens (including phenoxy) is 2. The van der Waals surface area contributed by atoms with Crippen LogP contribution in [0.4, 0.5) is 9.59 Å². The first-order valence-electron chi connectivity index (χ1n) is 8.87. The largest absolute Gasteiger partial charge is 0.445 e. The zero-order valence-corrected chi connectivity index (χ0v) is 19.0. The molecule has 3 rings (SSSR count). The zero-order chi connectivity index (χ0) is 22.1.